The van der Waals surface area contributed by atoms with Crippen molar-refractivity contribution in [2.75, 3.05) is 24.6 Å². The van der Waals surface area contributed by atoms with E-state index >= 15 is 0 Å². The number of benzene rings is 1. The van der Waals surface area contributed by atoms with Crippen LogP contribution in [0, 0.1) is 16.0 Å². The number of nitrogens with one attached hydrogen (secondary N) is 1. The largest absolute Gasteiger partial charge is 0.396 e. The minimum Gasteiger partial charge on any atom is -0.396 e. The van der Waals surface area contributed by atoms with Gasteiger partial charge in [-0.3, -0.25) is 10.1 Å². The molecule has 1 aliphatic rings. The highest BCUT2D eigenvalue weighted by Crippen LogP contribution is 2.23. The summed E-state index contributed by atoms with van der Waals surface area (Å²) >= 11 is 0. The molecule has 0 bridgehead atoms. The first kappa shape index (κ1) is 17.7. The molecule has 128 valence electrons. The van der Waals surface area contributed by atoms with E-state index in [4.69, 9.17) is 0 Å². The molecule has 6 heteroatoms. The maximum Gasteiger partial charge on any atom is 0.269 e. The highest BCUT2D eigenvalue weighted by atomic mass is 16.6. The number of rotatable bonds is 7. The summed E-state index contributed by atoms with van der Waals surface area (Å²) in [5.41, 5.74) is 1.18. The van der Waals surface area contributed by atoms with Gasteiger partial charge in [0.2, 0.25) is 0 Å². The summed E-state index contributed by atoms with van der Waals surface area (Å²) in [6.45, 7) is 6.47. The monoisotopic (exact) mass is 321 g/mol. The molecule has 1 aromatic carbocycles. The van der Waals surface area contributed by atoms with Crippen LogP contribution in [0.5, 0.6) is 0 Å². The summed E-state index contributed by atoms with van der Waals surface area (Å²) in [7, 11) is 0. The van der Waals surface area contributed by atoms with Crippen LogP contribution in [0.25, 0.3) is 0 Å². The van der Waals surface area contributed by atoms with E-state index in [1.54, 1.807) is 12.1 Å². The van der Waals surface area contributed by atoms with Crippen LogP contribution in [-0.2, 0) is 0 Å². The van der Waals surface area contributed by atoms with Gasteiger partial charge >= 0.3 is 0 Å². The summed E-state index contributed by atoms with van der Waals surface area (Å²) in [5, 5.41) is 23.6. The first-order chi connectivity index (χ1) is 11.0. The summed E-state index contributed by atoms with van der Waals surface area (Å²) < 4.78 is 0. The normalized spacial score (nSPS) is 17.5. The SMILES string of the molecule is CC(C)C(CCO)NC1CCN(c2ccc([N+](=O)[O-])cc2)CC1. The molecule has 0 saturated carbocycles. The van der Waals surface area contributed by atoms with E-state index in [0.29, 0.717) is 18.0 Å². The number of hydrogen-bond acceptors (Lipinski definition) is 5. The van der Waals surface area contributed by atoms with E-state index in [-0.39, 0.29) is 17.2 Å². The quantitative estimate of drug-likeness (QED) is 0.596. The second-order valence-electron chi connectivity index (χ2n) is 6.56. The van der Waals surface area contributed by atoms with Crippen molar-refractivity contribution in [3.8, 4) is 0 Å². The molecule has 1 saturated heterocycles. The van der Waals surface area contributed by atoms with Gasteiger partial charge in [0, 0.05) is 49.6 Å². The number of nitro groups is 1. The van der Waals surface area contributed by atoms with Crippen LogP contribution in [0.1, 0.15) is 33.1 Å². The molecule has 1 unspecified atom stereocenters. The first-order valence-electron chi connectivity index (χ1n) is 8.37. The van der Waals surface area contributed by atoms with Crippen molar-refractivity contribution in [2.45, 2.75) is 45.2 Å². The fourth-order valence-corrected chi connectivity index (χ4v) is 3.14. The number of aliphatic hydroxyl groups excluding tert-OH is 1. The van der Waals surface area contributed by atoms with Gasteiger partial charge in [0.1, 0.15) is 0 Å². The number of piperidine rings is 1. The third-order valence-electron chi connectivity index (χ3n) is 4.62. The predicted octanol–water partition coefficient (Wildman–Crippen LogP) is 2.56. The Hall–Kier alpha value is -1.66. The molecule has 23 heavy (non-hydrogen) atoms. The van der Waals surface area contributed by atoms with Crippen LogP contribution >= 0.6 is 0 Å². The zero-order chi connectivity index (χ0) is 16.8. The second kappa shape index (κ2) is 8.26. The van der Waals surface area contributed by atoms with Crippen molar-refractivity contribution in [3.63, 3.8) is 0 Å². The molecule has 1 atom stereocenters. The second-order valence-corrected chi connectivity index (χ2v) is 6.56. The lowest BCUT2D eigenvalue weighted by Crippen LogP contribution is -2.48. The van der Waals surface area contributed by atoms with Gasteiger partial charge in [0.05, 0.1) is 4.92 Å². The molecule has 2 N–H and O–H groups in total. The van der Waals surface area contributed by atoms with Crippen molar-refractivity contribution < 1.29 is 10.0 Å². The smallest absolute Gasteiger partial charge is 0.269 e. The Morgan fingerprint density at radius 1 is 1.30 bits per heavy atom. The maximum absolute atomic E-state index is 10.7. The zero-order valence-electron chi connectivity index (χ0n) is 13.9. The topological polar surface area (TPSA) is 78.6 Å². The molecule has 1 fully saturated rings. The van der Waals surface area contributed by atoms with Crippen molar-refractivity contribution >= 4 is 11.4 Å². The van der Waals surface area contributed by atoms with Crippen LogP contribution in [0.4, 0.5) is 11.4 Å². The predicted molar refractivity (Wildman–Crippen MR) is 91.8 cm³/mol. The summed E-state index contributed by atoms with van der Waals surface area (Å²) in [6.07, 6.45) is 2.89. The van der Waals surface area contributed by atoms with Gasteiger partial charge < -0.3 is 15.3 Å². The zero-order valence-corrected chi connectivity index (χ0v) is 13.9. The Labute approximate surface area is 137 Å². The van der Waals surface area contributed by atoms with Gasteiger partial charge in [0.15, 0.2) is 0 Å². The minimum absolute atomic E-state index is 0.133. The van der Waals surface area contributed by atoms with Crippen LogP contribution in [0.15, 0.2) is 24.3 Å². The highest BCUT2D eigenvalue weighted by Gasteiger charge is 2.23. The van der Waals surface area contributed by atoms with E-state index in [1.807, 2.05) is 12.1 Å². The maximum atomic E-state index is 10.7. The lowest BCUT2D eigenvalue weighted by molar-refractivity contribution is -0.384. The molecule has 1 aliphatic heterocycles. The Balaban J connectivity index is 1.86. The Morgan fingerprint density at radius 3 is 2.39 bits per heavy atom. The molecule has 0 aromatic heterocycles. The number of nitro benzene ring substituents is 1. The molecule has 1 aromatic rings. The highest BCUT2D eigenvalue weighted by molar-refractivity contribution is 5.51. The fourth-order valence-electron chi connectivity index (χ4n) is 3.14. The summed E-state index contributed by atoms with van der Waals surface area (Å²) in [5.74, 6) is 0.509. The molecular weight excluding hydrogens is 294 g/mol. The number of aliphatic hydroxyl groups is 1. The van der Waals surface area contributed by atoms with Crippen LogP contribution in [0.2, 0.25) is 0 Å². The molecule has 0 radical (unpaired) electrons. The number of nitrogens with zero attached hydrogens (tertiary/aromatic N) is 2. The summed E-state index contributed by atoms with van der Waals surface area (Å²) in [4.78, 5) is 12.6. The number of non-ortho nitro benzene ring substituents is 1. The van der Waals surface area contributed by atoms with Crippen molar-refractivity contribution in [1.29, 1.82) is 0 Å². The average molecular weight is 321 g/mol. The molecule has 6 nitrogen and oxygen atoms in total. The average Bonchev–Trinajstić information content (AvgIpc) is 2.55. The van der Waals surface area contributed by atoms with E-state index in [2.05, 4.69) is 24.1 Å². The van der Waals surface area contributed by atoms with Crippen molar-refractivity contribution in [2.24, 2.45) is 5.92 Å². The van der Waals surface area contributed by atoms with Gasteiger partial charge in [-0.05, 0) is 37.3 Å². The van der Waals surface area contributed by atoms with Gasteiger partial charge in [-0.15, -0.1) is 0 Å². The summed E-state index contributed by atoms with van der Waals surface area (Å²) in [6, 6.07) is 7.62. The molecule has 2 rings (SSSR count). The minimum atomic E-state index is -0.368. The number of anilines is 1. The molecule has 0 aliphatic carbocycles. The molecule has 0 spiro atoms. The molecule has 0 amide bonds. The van der Waals surface area contributed by atoms with E-state index in [1.165, 1.54) is 0 Å². The lowest BCUT2D eigenvalue weighted by Gasteiger charge is -2.36. The fraction of sp³-hybridized carbons (Fsp3) is 0.647. The van der Waals surface area contributed by atoms with E-state index in [9.17, 15) is 15.2 Å². The number of hydrogen-bond donors (Lipinski definition) is 2. The van der Waals surface area contributed by atoms with E-state index < -0.39 is 0 Å². The Morgan fingerprint density at radius 2 is 1.91 bits per heavy atom. The van der Waals surface area contributed by atoms with Crippen LogP contribution in [-0.4, -0.2) is 41.8 Å². The van der Waals surface area contributed by atoms with E-state index in [0.717, 1.165) is 38.0 Å². The standard InChI is InChI=1S/C17H27N3O3/c1-13(2)17(9-12-21)18-14-7-10-19(11-8-14)15-3-5-16(6-4-15)20(22)23/h3-6,13-14,17-18,21H,7-12H2,1-2H3. The van der Waals surface area contributed by atoms with Crippen LogP contribution < -0.4 is 10.2 Å². The first-order valence-corrected chi connectivity index (χ1v) is 8.37. The molecule has 1 heterocycles. The van der Waals surface area contributed by atoms with Crippen molar-refractivity contribution in [3.05, 3.63) is 34.4 Å². The lowest BCUT2D eigenvalue weighted by atomic mass is 9.97. The van der Waals surface area contributed by atoms with Gasteiger partial charge in [-0.1, -0.05) is 13.8 Å². The third-order valence-corrected chi connectivity index (χ3v) is 4.62. The Bertz CT molecular complexity index is 496. The van der Waals surface area contributed by atoms with Gasteiger partial charge in [0.25, 0.3) is 5.69 Å². The van der Waals surface area contributed by atoms with Gasteiger partial charge in [-0.25, -0.2) is 0 Å². The Kier molecular flexibility index (Phi) is 6.36. The molecular formula is C17H27N3O3. The van der Waals surface area contributed by atoms with Crippen molar-refractivity contribution in [1.82, 2.24) is 5.32 Å². The van der Waals surface area contributed by atoms with Gasteiger partial charge in [-0.2, -0.15) is 0 Å². The third kappa shape index (κ3) is 4.91. The van der Waals surface area contributed by atoms with Crippen LogP contribution in [0.3, 0.4) is 0 Å².